The number of esters is 1. The molecule has 1 heterocycles. The SMILES string of the molecule is C=CC(C)(CC/C=C(\C)CCC=C(C)C)OC(=O)Cc1cccs1. The largest absolute Gasteiger partial charge is 0.455 e. The van der Waals surface area contributed by atoms with E-state index in [1.807, 2.05) is 24.4 Å². The number of carbonyl (C=O) groups is 1. The Morgan fingerprint density at radius 1 is 1.29 bits per heavy atom. The van der Waals surface area contributed by atoms with Crippen molar-refractivity contribution in [3.05, 3.63) is 58.3 Å². The lowest BCUT2D eigenvalue weighted by atomic mass is 9.98. The van der Waals surface area contributed by atoms with E-state index < -0.39 is 5.60 Å². The van der Waals surface area contributed by atoms with Crippen molar-refractivity contribution in [2.75, 3.05) is 0 Å². The van der Waals surface area contributed by atoms with Crippen LogP contribution in [0.5, 0.6) is 0 Å². The maximum Gasteiger partial charge on any atom is 0.311 e. The highest BCUT2D eigenvalue weighted by atomic mass is 32.1. The van der Waals surface area contributed by atoms with Crippen molar-refractivity contribution in [3.8, 4) is 0 Å². The van der Waals surface area contributed by atoms with Gasteiger partial charge in [0.25, 0.3) is 0 Å². The molecule has 3 heteroatoms. The van der Waals surface area contributed by atoms with Crippen molar-refractivity contribution < 1.29 is 9.53 Å². The summed E-state index contributed by atoms with van der Waals surface area (Å²) in [7, 11) is 0. The molecule has 0 aliphatic carbocycles. The van der Waals surface area contributed by atoms with Crippen molar-refractivity contribution in [1.82, 2.24) is 0 Å². The molecule has 0 aliphatic heterocycles. The van der Waals surface area contributed by atoms with Crippen LogP contribution >= 0.6 is 11.3 Å². The fourth-order valence-electron chi connectivity index (χ4n) is 2.34. The Kier molecular flexibility index (Phi) is 8.77. The van der Waals surface area contributed by atoms with Gasteiger partial charge < -0.3 is 4.74 Å². The van der Waals surface area contributed by atoms with Crippen LogP contribution in [0, 0.1) is 0 Å². The summed E-state index contributed by atoms with van der Waals surface area (Å²) in [5.74, 6) is -0.191. The number of hydrogen-bond donors (Lipinski definition) is 0. The van der Waals surface area contributed by atoms with Gasteiger partial charge in [-0.2, -0.15) is 0 Å². The number of allylic oxidation sites excluding steroid dienone is 4. The molecule has 1 aromatic rings. The Bertz CT molecular complexity index is 577. The first-order valence-electron chi connectivity index (χ1n) is 8.51. The summed E-state index contributed by atoms with van der Waals surface area (Å²) in [6.07, 6.45) is 10.4. The summed E-state index contributed by atoms with van der Waals surface area (Å²) in [5, 5.41) is 1.97. The van der Waals surface area contributed by atoms with Gasteiger partial charge in [0.2, 0.25) is 0 Å². The molecule has 0 amide bonds. The van der Waals surface area contributed by atoms with Crippen LogP contribution in [0.4, 0.5) is 0 Å². The molecule has 0 fully saturated rings. The van der Waals surface area contributed by atoms with Gasteiger partial charge in [-0.3, -0.25) is 4.79 Å². The van der Waals surface area contributed by atoms with E-state index in [9.17, 15) is 4.79 Å². The molecule has 0 N–H and O–H groups in total. The molecule has 2 nitrogen and oxygen atoms in total. The fraction of sp³-hybridized carbons (Fsp3) is 0.476. The first-order valence-corrected chi connectivity index (χ1v) is 9.39. The van der Waals surface area contributed by atoms with E-state index in [1.54, 1.807) is 17.4 Å². The average Bonchev–Trinajstić information content (AvgIpc) is 2.99. The summed E-state index contributed by atoms with van der Waals surface area (Å²) in [6, 6.07) is 3.90. The molecule has 0 bridgehead atoms. The van der Waals surface area contributed by atoms with E-state index >= 15 is 0 Å². The van der Waals surface area contributed by atoms with E-state index in [0.29, 0.717) is 6.42 Å². The van der Waals surface area contributed by atoms with Crippen molar-refractivity contribution >= 4 is 17.3 Å². The van der Waals surface area contributed by atoms with E-state index in [4.69, 9.17) is 4.74 Å². The van der Waals surface area contributed by atoms with E-state index in [2.05, 4.69) is 39.5 Å². The van der Waals surface area contributed by atoms with Gasteiger partial charge >= 0.3 is 5.97 Å². The molecule has 1 atom stereocenters. The summed E-state index contributed by atoms with van der Waals surface area (Å²) in [6.45, 7) is 12.2. The number of hydrogen-bond acceptors (Lipinski definition) is 3. The number of rotatable bonds is 10. The maximum absolute atomic E-state index is 12.1. The summed E-state index contributed by atoms with van der Waals surface area (Å²) >= 11 is 1.58. The van der Waals surface area contributed by atoms with Gasteiger partial charge in [-0.25, -0.2) is 0 Å². The van der Waals surface area contributed by atoms with E-state index in [0.717, 1.165) is 30.6 Å². The molecular weight excluding hydrogens is 316 g/mol. The lowest BCUT2D eigenvalue weighted by Crippen LogP contribution is -2.29. The molecule has 0 spiro atoms. The lowest BCUT2D eigenvalue weighted by molar-refractivity contribution is -0.153. The predicted molar refractivity (Wildman–Crippen MR) is 104 cm³/mol. The first kappa shape index (κ1) is 20.4. The zero-order chi connectivity index (χ0) is 18.0. The second-order valence-electron chi connectivity index (χ2n) is 6.66. The molecule has 0 aliphatic rings. The van der Waals surface area contributed by atoms with E-state index in [1.165, 1.54) is 11.1 Å². The van der Waals surface area contributed by atoms with E-state index in [-0.39, 0.29) is 5.97 Å². The van der Waals surface area contributed by atoms with Crippen LogP contribution in [-0.2, 0) is 16.0 Å². The molecule has 0 saturated heterocycles. The van der Waals surface area contributed by atoms with Crippen molar-refractivity contribution in [2.45, 2.75) is 65.4 Å². The summed E-state index contributed by atoms with van der Waals surface area (Å²) in [5.41, 5.74) is 2.13. The van der Waals surface area contributed by atoms with Crippen molar-refractivity contribution in [3.63, 3.8) is 0 Å². The third kappa shape index (κ3) is 8.30. The zero-order valence-electron chi connectivity index (χ0n) is 15.4. The Labute approximate surface area is 150 Å². The number of ether oxygens (including phenoxy) is 1. The molecule has 1 unspecified atom stereocenters. The molecule has 1 rings (SSSR count). The third-order valence-electron chi connectivity index (χ3n) is 3.90. The predicted octanol–water partition coefficient (Wildman–Crippen LogP) is 6.25. The highest BCUT2D eigenvalue weighted by molar-refractivity contribution is 7.10. The smallest absolute Gasteiger partial charge is 0.311 e. The van der Waals surface area contributed by atoms with Crippen LogP contribution in [-0.4, -0.2) is 11.6 Å². The minimum Gasteiger partial charge on any atom is -0.455 e. The van der Waals surface area contributed by atoms with Gasteiger partial charge in [0.1, 0.15) is 5.60 Å². The Balaban J connectivity index is 2.45. The topological polar surface area (TPSA) is 26.3 Å². The average molecular weight is 347 g/mol. The molecule has 24 heavy (non-hydrogen) atoms. The van der Waals surface area contributed by atoms with Crippen LogP contribution < -0.4 is 0 Å². The molecule has 0 radical (unpaired) electrons. The normalized spacial score (nSPS) is 13.9. The lowest BCUT2D eigenvalue weighted by Gasteiger charge is -2.25. The minimum absolute atomic E-state index is 0.191. The van der Waals surface area contributed by atoms with Crippen LogP contribution in [0.1, 0.15) is 58.3 Å². The molecular formula is C21H30O2S. The Hall–Kier alpha value is -1.61. The van der Waals surface area contributed by atoms with Gasteiger partial charge in [-0.1, -0.05) is 35.9 Å². The highest BCUT2D eigenvalue weighted by Crippen LogP contribution is 2.22. The molecule has 132 valence electrons. The second-order valence-corrected chi connectivity index (χ2v) is 7.69. The molecule has 0 saturated carbocycles. The van der Waals surface area contributed by atoms with Gasteiger partial charge in [0, 0.05) is 4.88 Å². The second kappa shape index (κ2) is 10.3. The van der Waals surface area contributed by atoms with Crippen LogP contribution in [0.25, 0.3) is 0 Å². The number of carbonyl (C=O) groups excluding carboxylic acids is 1. The summed E-state index contributed by atoms with van der Waals surface area (Å²) < 4.78 is 5.67. The summed E-state index contributed by atoms with van der Waals surface area (Å²) in [4.78, 5) is 13.1. The van der Waals surface area contributed by atoms with Crippen LogP contribution in [0.2, 0.25) is 0 Å². The number of thiophene rings is 1. The maximum atomic E-state index is 12.1. The molecule has 1 aromatic heterocycles. The highest BCUT2D eigenvalue weighted by Gasteiger charge is 2.24. The minimum atomic E-state index is -0.606. The third-order valence-corrected chi connectivity index (χ3v) is 4.78. The monoisotopic (exact) mass is 346 g/mol. The first-order chi connectivity index (χ1) is 11.3. The van der Waals surface area contributed by atoms with Crippen molar-refractivity contribution in [2.24, 2.45) is 0 Å². The molecule has 0 aromatic carbocycles. The Morgan fingerprint density at radius 3 is 2.62 bits per heavy atom. The standard InChI is InChI=1S/C21H30O2S/c1-6-21(5,23-20(22)16-19-13-9-15-24-19)14-8-12-18(4)11-7-10-17(2)3/h6,9-10,12-13,15H,1,7-8,11,14,16H2,2-5H3/b18-12+. The van der Waals surface area contributed by atoms with Crippen LogP contribution in [0.15, 0.2) is 53.5 Å². The van der Waals surface area contributed by atoms with Gasteiger partial charge in [-0.05, 0) is 70.9 Å². The van der Waals surface area contributed by atoms with Gasteiger partial charge in [0.15, 0.2) is 0 Å². The van der Waals surface area contributed by atoms with Gasteiger partial charge in [-0.15, -0.1) is 11.3 Å². The van der Waals surface area contributed by atoms with Gasteiger partial charge in [0.05, 0.1) is 6.42 Å². The van der Waals surface area contributed by atoms with Crippen LogP contribution in [0.3, 0.4) is 0 Å². The Morgan fingerprint density at radius 2 is 2.04 bits per heavy atom. The zero-order valence-corrected chi connectivity index (χ0v) is 16.2. The quantitative estimate of drug-likeness (QED) is 0.369. The van der Waals surface area contributed by atoms with Crippen molar-refractivity contribution in [1.29, 1.82) is 0 Å². The fourth-order valence-corrected chi connectivity index (χ4v) is 3.03.